The number of benzene rings is 1. The summed E-state index contributed by atoms with van der Waals surface area (Å²) in [6.45, 7) is 1.69. The fourth-order valence-electron chi connectivity index (χ4n) is 1.49. The Balaban J connectivity index is 0.00000144. The van der Waals surface area contributed by atoms with Crippen molar-refractivity contribution in [2.45, 2.75) is 6.92 Å². The molecule has 0 spiro atoms. The van der Waals surface area contributed by atoms with Crippen molar-refractivity contribution in [3.05, 3.63) is 39.5 Å². The van der Waals surface area contributed by atoms with E-state index in [-0.39, 0.29) is 22.8 Å². The number of rotatable bonds is 1. The fourth-order valence-corrected chi connectivity index (χ4v) is 1.82. The Morgan fingerprint density at radius 1 is 1.24 bits per heavy atom. The zero-order valence-corrected chi connectivity index (χ0v) is 11.0. The molecule has 0 aliphatic rings. The normalized spacial score (nSPS) is 10.1. The summed E-state index contributed by atoms with van der Waals surface area (Å²) in [7, 11) is 0. The largest absolute Gasteiger partial charge is 0.477 e. The molecule has 0 aliphatic heterocycles. The molecule has 3 nitrogen and oxygen atoms in total. The average molecular weight is 320 g/mol. The Morgan fingerprint density at radius 3 is 2.41 bits per heavy atom. The SMILES string of the molecule is Cc1cc2cc(Cl)c(Cl)cc2nc1C(=O)O.[Cu]. The third-order valence-corrected chi connectivity index (χ3v) is 2.97. The first-order chi connectivity index (χ1) is 7.49. The molecule has 0 bridgehead atoms. The third-order valence-electron chi connectivity index (χ3n) is 2.25. The first-order valence-electron chi connectivity index (χ1n) is 4.48. The number of hydrogen-bond donors (Lipinski definition) is 1. The predicted octanol–water partition coefficient (Wildman–Crippen LogP) is 3.55. The van der Waals surface area contributed by atoms with Crippen LogP contribution in [0.1, 0.15) is 16.1 Å². The number of nitrogens with zero attached hydrogens (tertiary/aromatic N) is 1. The Labute approximate surface area is 118 Å². The van der Waals surface area contributed by atoms with Gasteiger partial charge in [-0.3, -0.25) is 0 Å². The van der Waals surface area contributed by atoms with E-state index in [1.807, 2.05) is 0 Å². The predicted molar refractivity (Wildman–Crippen MR) is 63.5 cm³/mol. The molecule has 0 atom stereocenters. The minimum Gasteiger partial charge on any atom is -0.477 e. The van der Waals surface area contributed by atoms with Crippen molar-refractivity contribution in [1.82, 2.24) is 4.98 Å². The second-order valence-electron chi connectivity index (χ2n) is 3.42. The van der Waals surface area contributed by atoms with Crippen molar-refractivity contribution in [1.29, 1.82) is 0 Å². The summed E-state index contributed by atoms with van der Waals surface area (Å²) in [4.78, 5) is 14.9. The van der Waals surface area contributed by atoms with Crippen molar-refractivity contribution < 1.29 is 27.0 Å². The van der Waals surface area contributed by atoms with Gasteiger partial charge in [-0.25, -0.2) is 9.78 Å². The molecule has 2 rings (SSSR count). The number of carbonyl (C=O) groups is 1. The van der Waals surface area contributed by atoms with Gasteiger partial charge in [0.25, 0.3) is 0 Å². The van der Waals surface area contributed by atoms with Crippen LogP contribution in [0.2, 0.25) is 10.0 Å². The first kappa shape index (κ1) is 14.3. The minimum absolute atomic E-state index is 0. The van der Waals surface area contributed by atoms with Gasteiger partial charge in [0.2, 0.25) is 0 Å². The van der Waals surface area contributed by atoms with Crippen LogP contribution in [0.3, 0.4) is 0 Å². The number of pyridine rings is 1. The van der Waals surface area contributed by atoms with E-state index in [0.717, 1.165) is 5.39 Å². The number of aryl methyl sites for hydroxylation is 1. The molecule has 0 amide bonds. The second kappa shape index (κ2) is 5.23. The number of aromatic nitrogens is 1. The van der Waals surface area contributed by atoms with Crippen molar-refractivity contribution >= 4 is 40.1 Å². The van der Waals surface area contributed by atoms with Gasteiger partial charge >= 0.3 is 5.97 Å². The summed E-state index contributed by atoms with van der Waals surface area (Å²) >= 11 is 11.7. The maximum absolute atomic E-state index is 10.9. The molecule has 1 heterocycles. The minimum atomic E-state index is -1.05. The van der Waals surface area contributed by atoms with Crippen LogP contribution >= 0.6 is 23.2 Å². The summed E-state index contributed by atoms with van der Waals surface area (Å²) in [5.74, 6) is -1.05. The van der Waals surface area contributed by atoms with E-state index in [2.05, 4.69) is 4.98 Å². The van der Waals surface area contributed by atoms with Crippen molar-refractivity contribution in [2.75, 3.05) is 0 Å². The molecule has 0 aliphatic carbocycles. The standard InChI is InChI=1S/C11H7Cl2NO2.Cu/c1-5-2-6-3-7(12)8(13)4-9(6)14-10(5)11(15)16;/h2-4H,1H3,(H,15,16);. The molecule has 1 radical (unpaired) electrons. The molecule has 6 heteroatoms. The quantitative estimate of drug-likeness (QED) is 0.818. The Kier molecular flexibility index (Phi) is 4.39. The molecule has 17 heavy (non-hydrogen) atoms. The van der Waals surface area contributed by atoms with Crippen LogP contribution in [0.4, 0.5) is 0 Å². The van der Waals surface area contributed by atoms with Gasteiger partial charge in [0.15, 0.2) is 5.69 Å². The van der Waals surface area contributed by atoms with Crippen LogP contribution in [-0.4, -0.2) is 16.1 Å². The number of aromatic carboxylic acids is 1. The molecule has 0 fully saturated rings. The van der Waals surface area contributed by atoms with Crippen LogP contribution in [-0.2, 0) is 17.1 Å². The molecular weight excluding hydrogens is 313 g/mol. The monoisotopic (exact) mass is 318 g/mol. The third kappa shape index (κ3) is 2.72. The summed E-state index contributed by atoms with van der Waals surface area (Å²) in [5, 5.41) is 10.5. The molecule has 93 valence electrons. The molecule has 1 aromatic carbocycles. The van der Waals surface area contributed by atoms with E-state index in [1.54, 1.807) is 25.1 Å². The topological polar surface area (TPSA) is 50.2 Å². The molecule has 1 aromatic heterocycles. The first-order valence-corrected chi connectivity index (χ1v) is 5.24. The second-order valence-corrected chi connectivity index (χ2v) is 4.23. The average Bonchev–Trinajstić information content (AvgIpc) is 2.19. The molecule has 1 N–H and O–H groups in total. The zero-order valence-electron chi connectivity index (χ0n) is 8.59. The van der Waals surface area contributed by atoms with Gasteiger partial charge in [0.05, 0.1) is 15.6 Å². The summed E-state index contributed by atoms with van der Waals surface area (Å²) in [6.07, 6.45) is 0. The van der Waals surface area contributed by atoms with Gasteiger partial charge in [-0.2, -0.15) is 0 Å². The van der Waals surface area contributed by atoms with Crippen molar-refractivity contribution in [3.63, 3.8) is 0 Å². The van der Waals surface area contributed by atoms with Gasteiger partial charge < -0.3 is 5.11 Å². The van der Waals surface area contributed by atoms with Crippen molar-refractivity contribution in [2.24, 2.45) is 0 Å². The fraction of sp³-hybridized carbons (Fsp3) is 0.0909. The molecule has 2 aromatic rings. The summed E-state index contributed by atoms with van der Waals surface area (Å²) in [5.41, 5.74) is 1.15. The number of halogens is 2. The van der Waals surface area contributed by atoms with Crippen LogP contribution in [0.15, 0.2) is 18.2 Å². The Morgan fingerprint density at radius 2 is 1.82 bits per heavy atom. The van der Waals surface area contributed by atoms with Gasteiger partial charge in [-0.15, -0.1) is 0 Å². The molecule has 0 saturated heterocycles. The summed E-state index contributed by atoms with van der Waals surface area (Å²) in [6, 6.07) is 4.96. The van der Waals surface area contributed by atoms with E-state index >= 15 is 0 Å². The van der Waals surface area contributed by atoms with E-state index in [1.165, 1.54) is 0 Å². The number of carboxylic acid groups (broad SMARTS) is 1. The van der Waals surface area contributed by atoms with Gasteiger partial charge in [-0.1, -0.05) is 23.2 Å². The van der Waals surface area contributed by atoms with E-state index in [9.17, 15) is 4.79 Å². The molecular formula is C11H7Cl2CuNO2. The molecule has 0 unspecified atom stereocenters. The van der Waals surface area contributed by atoms with Crippen LogP contribution in [0.5, 0.6) is 0 Å². The smallest absolute Gasteiger partial charge is 0.354 e. The zero-order chi connectivity index (χ0) is 11.9. The van der Waals surface area contributed by atoms with Gasteiger partial charge in [0, 0.05) is 22.5 Å². The van der Waals surface area contributed by atoms with Gasteiger partial charge in [-0.05, 0) is 30.7 Å². The number of fused-ring (bicyclic) bond motifs is 1. The molecule has 0 saturated carbocycles. The Hall–Kier alpha value is -0.801. The van der Waals surface area contributed by atoms with Gasteiger partial charge in [0.1, 0.15) is 0 Å². The maximum atomic E-state index is 10.9. The van der Waals surface area contributed by atoms with Crippen LogP contribution in [0, 0.1) is 6.92 Å². The maximum Gasteiger partial charge on any atom is 0.354 e. The van der Waals surface area contributed by atoms with E-state index < -0.39 is 5.97 Å². The Bertz CT molecular complexity index is 602. The van der Waals surface area contributed by atoms with E-state index in [0.29, 0.717) is 21.1 Å². The van der Waals surface area contributed by atoms with Crippen LogP contribution < -0.4 is 0 Å². The number of hydrogen-bond acceptors (Lipinski definition) is 2. The van der Waals surface area contributed by atoms with E-state index in [4.69, 9.17) is 28.3 Å². The van der Waals surface area contributed by atoms with Crippen molar-refractivity contribution in [3.8, 4) is 0 Å². The van der Waals surface area contributed by atoms with Crippen LogP contribution in [0.25, 0.3) is 10.9 Å². The summed E-state index contributed by atoms with van der Waals surface area (Å²) < 4.78 is 0. The number of carboxylic acids is 1.